The molecule has 0 spiro atoms. The van der Waals surface area contributed by atoms with E-state index in [9.17, 15) is 8.42 Å². The summed E-state index contributed by atoms with van der Waals surface area (Å²) in [6, 6.07) is 0. The number of alkyl halides is 1. The van der Waals surface area contributed by atoms with Crippen LogP contribution >= 0.6 is 11.6 Å². The van der Waals surface area contributed by atoms with E-state index >= 15 is 0 Å². The van der Waals surface area contributed by atoms with Crippen LogP contribution in [-0.4, -0.2) is 26.6 Å². The fourth-order valence-corrected chi connectivity index (χ4v) is 1.66. The highest BCUT2D eigenvalue weighted by molar-refractivity contribution is 7.89. The third kappa shape index (κ3) is 4.69. The first kappa shape index (κ1) is 9.20. The molecule has 0 unspecified atom stereocenters. The van der Waals surface area contributed by atoms with Gasteiger partial charge in [0.15, 0.2) is 0 Å². The van der Waals surface area contributed by atoms with Crippen LogP contribution in [0.1, 0.15) is 6.92 Å². The quantitative estimate of drug-likeness (QED) is 0.566. The Labute approximate surface area is 60.4 Å². The first-order chi connectivity index (χ1) is 4.12. The summed E-state index contributed by atoms with van der Waals surface area (Å²) < 4.78 is 24.5. The number of hydrogen-bond acceptors (Lipinski definition) is 2. The summed E-state index contributed by atoms with van der Waals surface area (Å²) in [6.45, 7) is 1.98. The molecule has 1 radical (unpaired) electrons. The molecule has 0 aliphatic rings. The van der Waals surface area contributed by atoms with Gasteiger partial charge in [-0.15, -0.1) is 16.3 Å². The van der Waals surface area contributed by atoms with E-state index in [2.05, 4.69) is 4.72 Å². The predicted octanol–water partition coefficient (Wildman–Crippen LogP) is 0.179. The van der Waals surface area contributed by atoms with Gasteiger partial charge in [-0.1, -0.05) is 0 Å². The van der Waals surface area contributed by atoms with Crippen molar-refractivity contribution in [1.29, 1.82) is 0 Å². The number of hydrogen-bond donors (Lipinski definition) is 0. The molecular formula is C4H9ClNO2S. The molecule has 3 nitrogen and oxygen atoms in total. The SMILES string of the molecule is CC[N]S(=O)(=O)CCCl. The molecule has 0 aliphatic heterocycles. The highest BCUT2D eigenvalue weighted by Gasteiger charge is 2.07. The third-order valence-electron chi connectivity index (χ3n) is 0.661. The molecule has 0 fully saturated rings. The van der Waals surface area contributed by atoms with E-state index in [0.29, 0.717) is 6.54 Å². The third-order valence-corrected chi connectivity index (χ3v) is 2.45. The van der Waals surface area contributed by atoms with Crippen molar-refractivity contribution in [1.82, 2.24) is 4.72 Å². The van der Waals surface area contributed by atoms with Crippen molar-refractivity contribution < 1.29 is 8.42 Å². The molecule has 0 aromatic carbocycles. The highest BCUT2D eigenvalue weighted by atomic mass is 35.5. The zero-order chi connectivity index (χ0) is 7.33. The minimum Gasteiger partial charge on any atom is -0.211 e. The highest BCUT2D eigenvalue weighted by Crippen LogP contribution is 1.87. The van der Waals surface area contributed by atoms with Crippen LogP contribution in [0, 0.1) is 0 Å². The van der Waals surface area contributed by atoms with Gasteiger partial charge in [-0.25, -0.2) is 8.42 Å². The molecule has 0 saturated carbocycles. The molecule has 5 heteroatoms. The van der Waals surface area contributed by atoms with E-state index < -0.39 is 10.0 Å². The molecule has 9 heavy (non-hydrogen) atoms. The number of halogens is 1. The Hall–Kier alpha value is 0.200. The first-order valence-corrected chi connectivity index (χ1v) is 4.74. The van der Waals surface area contributed by atoms with Crippen LogP contribution in [0.2, 0.25) is 0 Å². The van der Waals surface area contributed by atoms with Crippen molar-refractivity contribution in [3.63, 3.8) is 0 Å². The first-order valence-electron chi connectivity index (χ1n) is 2.60. The average Bonchev–Trinajstić information content (AvgIpc) is 1.64. The number of rotatable bonds is 4. The van der Waals surface area contributed by atoms with Crippen LogP contribution in [-0.2, 0) is 10.0 Å². The maximum Gasteiger partial charge on any atom is 0.229 e. The second kappa shape index (κ2) is 4.09. The standard InChI is InChI=1S/C4H9ClNO2S/c1-2-6-9(7,8)4-3-5/h2-4H2,1H3. The smallest absolute Gasteiger partial charge is 0.211 e. The van der Waals surface area contributed by atoms with E-state index in [-0.39, 0.29) is 11.6 Å². The summed E-state index contributed by atoms with van der Waals surface area (Å²) in [4.78, 5) is 0. The lowest BCUT2D eigenvalue weighted by atomic mass is 10.8. The van der Waals surface area contributed by atoms with Gasteiger partial charge in [0.1, 0.15) is 0 Å². The van der Waals surface area contributed by atoms with Gasteiger partial charge in [-0.2, -0.15) is 0 Å². The molecular weight excluding hydrogens is 162 g/mol. The number of nitrogens with zero attached hydrogens (tertiary/aromatic N) is 1. The predicted molar refractivity (Wildman–Crippen MR) is 37.2 cm³/mol. The van der Waals surface area contributed by atoms with Gasteiger partial charge in [0.05, 0.1) is 5.75 Å². The Morgan fingerprint density at radius 3 is 2.44 bits per heavy atom. The normalized spacial score (nSPS) is 11.8. The van der Waals surface area contributed by atoms with Gasteiger partial charge in [-0.05, 0) is 6.92 Å². The average molecular weight is 171 g/mol. The van der Waals surface area contributed by atoms with Gasteiger partial charge in [0.2, 0.25) is 10.0 Å². The van der Waals surface area contributed by atoms with Crippen LogP contribution in [0.15, 0.2) is 0 Å². The monoisotopic (exact) mass is 170 g/mol. The molecule has 0 atom stereocenters. The minimum absolute atomic E-state index is 0.0532. The Balaban J connectivity index is 3.73. The summed E-state index contributed by atoms with van der Waals surface area (Å²) in [5.41, 5.74) is 0. The van der Waals surface area contributed by atoms with Gasteiger partial charge >= 0.3 is 0 Å². The molecule has 0 heterocycles. The second-order valence-electron chi connectivity index (χ2n) is 1.42. The lowest BCUT2D eigenvalue weighted by Crippen LogP contribution is -2.19. The Kier molecular flexibility index (Phi) is 4.18. The van der Waals surface area contributed by atoms with Crippen molar-refractivity contribution in [3.05, 3.63) is 0 Å². The largest absolute Gasteiger partial charge is 0.229 e. The van der Waals surface area contributed by atoms with E-state index in [1.807, 2.05) is 0 Å². The Morgan fingerprint density at radius 2 is 2.11 bits per heavy atom. The minimum atomic E-state index is -3.19. The van der Waals surface area contributed by atoms with Crippen LogP contribution in [0.5, 0.6) is 0 Å². The van der Waals surface area contributed by atoms with Crippen molar-refractivity contribution in [2.75, 3.05) is 18.2 Å². The summed E-state index contributed by atoms with van der Waals surface area (Å²) in [5.74, 6) is 0.0637. The molecule has 0 aromatic heterocycles. The molecule has 0 saturated heterocycles. The van der Waals surface area contributed by atoms with Crippen LogP contribution < -0.4 is 4.72 Å². The second-order valence-corrected chi connectivity index (χ2v) is 3.63. The van der Waals surface area contributed by atoms with E-state index in [1.54, 1.807) is 6.92 Å². The van der Waals surface area contributed by atoms with Crippen molar-refractivity contribution in [2.45, 2.75) is 6.92 Å². The lowest BCUT2D eigenvalue weighted by molar-refractivity contribution is 0.584. The van der Waals surface area contributed by atoms with E-state index in [0.717, 1.165) is 0 Å². The topological polar surface area (TPSA) is 48.2 Å². The van der Waals surface area contributed by atoms with Crippen molar-refractivity contribution in [3.8, 4) is 0 Å². The summed E-state index contributed by atoms with van der Waals surface area (Å²) in [5, 5.41) is 0. The molecule has 0 rings (SSSR count). The zero-order valence-electron chi connectivity index (χ0n) is 5.17. The Bertz CT molecular complexity index is 142. The van der Waals surface area contributed by atoms with Crippen LogP contribution in [0.4, 0.5) is 0 Å². The molecule has 0 bridgehead atoms. The van der Waals surface area contributed by atoms with Gasteiger partial charge in [0, 0.05) is 12.4 Å². The Morgan fingerprint density at radius 1 is 1.56 bits per heavy atom. The summed E-state index contributed by atoms with van der Waals surface area (Å²) in [7, 11) is -3.19. The molecule has 0 aromatic rings. The van der Waals surface area contributed by atoms with Gasteiger partial charge < -0.3 is 0 Å². The van der Waals surface area contributed by atoms with Crippen molar-refractivity contribution >= 4 is 21.6 Å². The zero-order valence-corrected chi connectivity index (χ0v) is 6.74. The maximum absolute atomic E-state index is 10.6. The van der Waals surface area contributed by atoms with Crippen molar-refractivity contribution in [2.24, 2.45) is 0 Å². The number of sulfonamides is 1. The van der Waals surface area contributed by atoms with Crippen LogP contribution in [0.3, 0.4) is 0 Å². The summed E-state index contributed by atoms with van der Waals surface area (Å²) >= 11 is 5.18. The molecule has 0 aliphatic carbocycles. The van der Waals surface area contributed by atoms with Crippen LogP contribution in [0.25, 0.3) is 0 Å². The van der Waals surface area contributed by atoms with E-state index in [1.165, 1.54) is 0 Å². The molecule has 55 valence electrons. The fraction of sp³-hybridized carbons (Fsp3) is 1.00. The molecule has 0 amide bonds. The molecule has 0 N–H and O–H groups in total. The van der Waals surface area contributed by atoms with E-state index in [4.69, 9.17) is 11.6 Å². The maximum atomic E-state index is 10.6. The fourth-order valence-electron chi connectivity index (χ4n) is 0.359. The lowest BCUT2D eigenvalue weighted by Gasteiger charge is -1.96. The van der Waals surface area contributed by atoms with Gasteiger partial charge in [0.25, 0.3) is 0 Å². The summed E-state index contributed by atoms with van der Waals surface area (Å²) in [6.07, 6.45) is 0. The van der Waals surface area contributed by atoms with Gasteiger partial charge in [-0.3, -0.25) is 0 Å².